The van der Waals surface area contributed by atoms with E-state index in [1.54, 1.807) is 0 Å². The number of benzene rings is 1. The SMILES string of the molecule is CCOC1CC(NC(=O)C2CC2c2ccc(C(C)C)cc2)(C(=O)O)C1(C)C. The van der Waals surface area contributed by atoms with E-state index in [1.807, 2.05) is 20.8 Å². The van der Waals surface area contributed by atoms with Crippen molar-refractivity contribution in [2.75, 3.05) is 6.61 Å². The smallest absolute Gasteiger partial charge is 0.330 e. The van der Waals surface area contributed by atoms with Gasteiger partial charge in [-0.2, -0.15) is 0 Å². The van der Waals surface area contributed by atoms with Crippen molar-refractivity contribution in [2.45, 2.75) is 70.9 Å². The third-order valence-electron chi connectivity index (χ3n) is 6.62. The molecule has 0 spiro atoms. The van der Waals surface area contributed by atoms with Crippen molar-refractivity contribution < 1.29 is 19.4 Å². The van der Waals surface area contributed by atoms with Crippen LogP contribution in [0.5, 0.6) is 0 Å². The molecule has 0 saturated heterocycles. The number of hydrogen-bond donors (Lipinski definition) is 2. The summed E-state index contributed by atoms with van der Waals surface area (Å²) in [6, 6.07) is 8.43. The van der Waals surface area contributed by atoms with Gasteiger partial charge in [0.05, 0.1) is 6.10 Å². The van der Waals surface area contributed by atoms with Gasteiger partial charge in [-0.3, -0.25) is 4.79 Å². The Kier molecular flexibility index (Phi) is 5.10. The highest BCUT2D eigenvalue weighted by Crippen LogP contribution is 2.53. The molecule has 2 fully saturated rings. The number of aliphatic carboxylic acids is 1. The first-order valence-electron chi connectivity index (χ1n) is 9.91. The molecule has 4 atom stereocenters. The summed E-state index contributed by atoms with van der Waals surface area (Å²) in [5, 5.41) is 12.7. The molecule has 2 saturated carbocycles. The molecule has 0 aromatic heterocycles. The summed E-state index contributed by atoms with van der Waals surface area (Å²) < 4.78 is 5.66. The van der Waals surface area contributed by atoms with Crippen LogP contribution >= 0.6 is 0 Å². The summed E-state index contributed by atoms with van der Waals surface area (Å²) in [7, 11) is 0. The topological polar surface area (TPSA) is 75.6 Å². The Morgan fingerprint density at radius 3 is 2.37 bits per heavy atom. The van der Waals surface area contributed by atoms with Crippen LogP contribution in [-0.4, -0.2) is 35.2 Å². The maximum atomic E-state index is 12.8. The minimum absolute atomic E-state index is 0.145. The Morgan fingerprint density at radius 2 is 1.89 bits per heavy atom. The van der Waals surface area contributed by atoms with Crippen LogP contribution in [0.3, 0.4) is 0 Å². The van der Waals surface area contributed by atoms with Crippen molar-refractivity contribution in [3.8, 4) is 0 Å². The molecule has 0 aliphatic heterocycles. The highest BCUT2D eigenvalue weighted by molar-refractivity contribution is 5.92. The number of carboxylic acids is 1. The normalized spacial score (nSPS) is 31.3. The summed E-state index contributed by atoms with van der Waals surface area (Å²) in [6.07, 6.45) is 0.935. The molecule has 0 heterocycles. The lowest BCUT2D eigenvalue weighted by Gasteiger charge is -2.58. The molecule has 2 aliphatic rings. The number of ether oxygens (including phenoxy) is 1. The van der Waals surface area contributed by atoms with E-state index in [9.17, 15) is 14.7 Å². The van der Waals surface area contributed by atoms with E-state index >= 15 is 0 Å². The first-order valence-corrected chi connectivity index (χ1v) is 9.91. The van der Waals surface area contributed by atoms with Crippen LogP contribution in [0.15, 0.2) is 24.3 Å². The number of nitrogens with one attached hydrogen (secondary N) is 1. The molecule has 1 aromatic carbocycles. The summed E-state index contributed by atoms with van der Waals surface area (Å²) in [5.41, 5.74) is 0.541. The predicted octanol–water partition coefficient (Wildman–Crippen LogP) is 3.69. The van der Waals surface area contributed by atoms with Gasteiger partial charge in [0.2, 0.25) is 5.91 Å². The number of carboxylic acid groups (broad SMARTS) is 1. The monoisotopic (exact) mass is 373 g/mol. The zero-order chi connectivity index (χ0) is 20.0. The zero-order valence-corrected chi connectivity index (χ0v) is 16.9. The molecule has 0 bridgehead atoms. The minimum atomic E-state index is -1.25. The van der Waals surface area contributed by atoms with Gasteiger partial charge in [-0.1, -0.05) is 52.0 Å². The van der Waals surface area contributed by atoms with Gasteiger partial charge in [-0.25, -0.2) is 4.79 Å². The molecule has 2 N–H and O–H groups in total. The Balaban J connectivity index is 1.67. The van der Waals surface area contributed by atoms with Crippen molar-refractivity contribution in [3.05, 3.63) is 35.4 Å². The molecule has 5 heteroatoms. The van der Waals surface area contributed by atoms with Crippen LogP contribution in [0.2, 0.25) is 0 Å². The van der Waals surface area contributed by atoms with E-state index in [2.05, 4.69) is 43.4 Å². The molecule has 1 aromatic rings. The quantitative estimate of drug-likeness (QED) is 0.764. The van der Waals surface area contributed by atoms with Crippen LogP contribution in [0, 0.1) is 11.3 Å². The van der Waals surface area contributed by atoms with E-state index in [0.29, 0.717) is 18.9 Å². The van der Waals surface area contributed by atoms with E-state index in [1.165, 1.54) is 5.56 Å². The average molecular weight is 373 g/mol. The Bertz CT molecular complexity index is 724. The van der Waals surface area contributed by atoms with Gasteiger partial charge in [0.25, 0.3) is 0 Å². The molecule has 0 radical (unpaired) electrons. The van der Waals surface area contributed by atoms with Crippen LogP contribution in [-0.2, 0) is 14.3 Å². The molecule has 5 nitrogen and oxygen atoms in total. The molecule has 4 unspecified atom stereocenters. The van der Waals surface area contributed by atoms with Crippen molar-refractivity contribution >= 4 is 11.9 Å². The Morgan fingerprint density at radius 1 is 1.26 bits per heavy atom. The maximum Gasteiger partial charge on any atom is 0.330 e. The van der Waals surface area contributed by atoms with E-state index in [-0.39, 0.29) is 23.8 Å². The van der Waals surface area contributed by atoms with Crippen LogP contribution in [0.1, 0.15) is 70.4 Å². The standard InChI is InChI=1S/C22H31NO4/c1-6-27-18-12-22(20(25)26,21(18,4)5)23-19(24)17-11-16(17)15-9-7-14(8-10-15)13(2)3/h7-10,13,16-18H,6,11-12H2,1-5H3,(H,23,24)(H,25,26). The molecule has 148 valence electrons. The average Bonchev–Trinajstić information content (AvgIpc) is 3.41. The lowest BCUT2D eigenvalue weighted by molar-refractivity contribution is -0.194. The maximum absolute atomic E-state index is 12.8. The number of rotatable bonds is 7. The van der Waals surface area contributed by atoms with E-state index in [4.69, 9.17) is 4.74 Å². The summed E-state index contributed by atoms with van der Waals surface area (Å²) in [4.78, 5) is 24.8. The largest absolute Gasteiger partial charge is 0.479 e. The number of carbonyl (C=O) groups is 2. The zero-order valence-electron chi connectivity index (χ0n) is 16.9. The summed E-state index contributed by atoms with van der Waals surface area (Å²) >= 11 is 0. The third-order valence-corrected chi connectivity index (χ3v) is 6.62. The molecule has 2 aliphatic carbocycles. The molecule has 1 amide bonds. The van der Waals surface area contributed by atoms with Gasteiger partial charge in [0.15, 0.2) is 0 Å². The fraction of sp³-hybridized carbons (Fsp3) is 0.636. The van der Waals surface area contributed by atoms with Crippen molar-refractivity contribution in [3.63, 3.8) is 0 Å². The summed E-state index contributed by atoms with van der Waals surface area (Å²) in [5.74, 6) is -0.614. The van der Waals surface area contributed by atoms with Crippen LogP contribution in [0.25, 0.3) is 0 Å². The highest BCUT2D eigenvalue weighted by atomic mass is 16.5. The molecule has 27 heavy (non-hydrogen) atoms. The second kappa shape index (κ2) is 6.93. The van der Waals surface area contributed by atoms with E-state index < -0.39 is 16.9 Å². The van der Waals surface area contributed by atoms with Crippen molar-refractivity contribution in [1.82, 2.24) is 5.32 Å². The van der Waals surface area contributed by atoms with Gasteiger partial charge < -0.3 is 15.2 Å². The van der Waals surface area contributed by atoms with Gasteiger partial charge >= 0.3 is 5.97 Å². The van der Waals surface area contributed by atoms with Crippen molar-refractivity contribution in [2.24, 2.45) is 11.3 Å². The molecule has 3 rings (SSSR count). The minimum Gasteiger partial charge on any atom is -0.479 e. The number of amides is 1. The van der Waals surface area contributed by atoms with Gasteiger partial charge in [0.1, 0.15) is 5.54 Å². The lowest BCUT2D eigenvalue weighted by Crippen LogP contribution is -2.76. The lowest BCUT2D eigenvalue weighted by atomic mass is 9.54. The van der Waals surface area contributed by atoms with E-state index in [0.717, 1.165) is 12.0 Å². The first-order chi connectivity index (χ1) is 12.6. The van der Waals surface area contributed by atoms with Crippen LogP contribution in [0.4, 0.5) is 0 Å². The fourth-order valence-corrected chi connectivity index (χ4v) is 4.32. The van der Waals surface area contributed by atoms with Gasteiger partial charge in [-0.15, -0.1) is 0 Å². The second-order valence-corrected chi connectivity index (χ2v) is 8.84. The van der Waals surface area contributed by atoms with Gasteiger partial charge in [0, 0.05) is 24.4 Å². The molecular weight excluding hydrogens is 342 g/mol. The van der Waals surface area contributed by atoms with Crippen molar-refractivity contribution in [1.29, 1.82) is 0 Å². The molecular formula is C22H31NO4. The number of hydrogen-bond acceptors (Lipinski definition) is 3. The third kappa shape index (κ3) is 3.27. The Labute approximate surface area is 161 Å². The Hall–Kier alpha value is -1.88. The first kappa shape index (κ1) is 19.9. The fourth-order valence-electron chi connectivity index (χ4n) is 4.32. The van der Waals surface area contributed by atoms with Gasteiger partial charge in [-0.05, 0) is 36.3 Å². The van der Waals surface area contributed by atoms with Crippen LogP contribution < -0.4 is 5.32 Å². The second-order valence-electron chi connectivity index (χ2n) is 8.84. The number of carbonyl (C=O) groups excluding carboxylic acids is 1. The predicted molar refractivity (Wildman–Crippen MR) is 104 cm³/mol. The summed E-state index contributed by atoms with van der Waals surface area (Å²) in [6.45, 7) is 10.5. The highest BCUT2D eigenvalue weighted by Gasteiger charge is 2.67.